The number of halogens is 1. The third-order valence-corrected chi connectivity index (χ3v) is 3.39. The van der Waals surface area contributed by atoms with Gasteiger partial charge in [-0.1, -0.05) is 11.6 Å². The van der Waals surface area contributed by atoms with Gasteiger partial charge in [-0.2, -0.15) is 0 Å². The fourth-order valence-electron chi connectivity index (χ4n) is 2.11. The number of carbonyl (C=O) groups excluding carboxylic acids is 1. The Morgan fingerprint density at radius 2 is 2.28 bits per heavy atom. The number of carbonyl (C=O) groups is 1. The van der Waals surface area contributed by atoms with Crippen LogP contribution in [-0.4, -0.2) is 30.7 Å². The van der Waals surface area contributed by atoms with Crippen molar-refractivity contribution in [2.45, 2.75) is 13.0 Å². The number of likely N-dealkylation sites (N-methyl/N-ethyl adjacent to an activating group) is 1. The maximum absolute atomic E-state index is 11.5. The Balaban J connectivity index is 2.40. The average Bonchev–Trinajstić information content (AvgIpc) is 2.62. The number of nitrogens with one attached hydrogen (secondary N) is 1. The van der Waals surface area contributed by atoms with E-state index in [1.165, 1.54) is 0 Å². The van der Waals surface area contributed by atoms with Crippen LogP contribution in [0.5, 0.6) is 0 Å². The van der Waals surface area contributed by atoms with E-state index in [0.717, 1.165) is 12.2 Å². The van der Waals surface area contributed by atoms with Crippen LogP contribution in [0.25, 0.3) is 0 Å². The van der Waals surface area contributed by atoms with Crippen molar-refractivity contribution in [3.63, 3.8) is 0 Å². The van der Waals surface area contributed by atoms with E-state index in [2.05, 4.69) is 5.32 Å². The molecular formula is C12H16ClN3O2. The van der Waals surface area contributed by atoms with E-state index in [9.17, 15) is 4.79 Å². The van der Waals surface area contributed by atoms with Gasteiger partial charge in [0, 0.05) is 24.3 Å². The molecule has 1 aromatic carbocycles. The van der Waals surface area contributed by atoms with E-state index in [-0.39, 0.29) is 12.5 Å². The number of rotatable bonds is 4. The summed E-state index contributed by atoms with van der Waals surface area (Å²) in [6.45, 7) is 3.24. The molecule has 2 rings (SSSR count). The predicted molar refractivity (Wildman–Crippen MR) is 72.0 cm³/mol. The second-order valence-electron chi connectivity index (χ2n) is 4.16. The first kappa shape index (κ1) is 13.1. The number of nitrogens with zero attached hydrogens (tertiary/aromatic N) is 1. The van der Waals surface area contributed by atoms with E-state index in [1.54, 1.807) is 6.07 Å². The zero-order valence-corrected chi connectivity index (χ0v) is 10.9. The zero-order valence-electron chi connectivity index (χ0n) is 10.1. The molecule has 4 N–H and O–H groups in total. The van der Waals surface area contributed by atoms with Gasteiger partial charge in [-0.05, 0) is 19.1 Å². The van der Waals surface area contributed by atoms with Crippen LogP contribution in [0.1, 0.15) is 18.5 Å². The summed E-state index contributed by atoms with van der Waals surface area (Å²) in [6.07, 6.45) is 0. The molecular weight excluding hydrogens is 254 g/mol. The molecule has 0 saturated carbocycles. The summed E-state index contributed by atoms with van der Waals surface area (Å²) in [5, 5.41) is 12.3. The summed E-state index contributed by atoms with van der Waals surface area (Å²) >= 11 is 6.21. The second-order valence-corrected chi connectivity index (χ2v) is 4.57. The number of benzene rings is 1. The number of hydrogen-bond acceptors (Lipinski definition) is 4. The fourth-order valence-corrected chi connectivity index (χ4v) is 2.40. The second kappa shape index (κ2) is 5.14. The molecule has 18 heavy (non-hydrogen) atoms. The van der Waals surface area contributed by atoms with Crippen molar-refractivity contribution in [3.8, 4) is 0 Å². The molecule has 6 heteroatoms. The molecule has 0 aromatic heterocycles. The Labute approximate surface area is 111 Å². The molecule has 0 aliphatic carbocycles. The van der Waals surface area contributed by atoms with Crippen molar-refractivity contribution in [2.24, 2.45) is 5.73 Å². The molecule has 0 spiro atoms. The highest BCUT2D eigenvalue weighted by atomic mass is 35.5. The van der Waals surface area contributed by atoms with Gasteiger partial charge >= 0.3 is 0 Å². The molecule has 1 aromatic rings. The van der Waals surface area contributed by atoms with Crippen LogP contribution >= 0.6 is 11.6 Å². The summed E-state index contributed by atoms with van der Waals surface area (Å²) in [7, 11) is 0. The first-order chi connectivity index (χ1) is 8.58. The first-order valence-electron chi connectivity index (χ1n) is 5.84. The largest absolute Gasteiger partial charge is 0.395 e. The number of amides is 1. The highest BCUT2D eigenvalue weighted by Crippen LogP contribution is 2.37. The summed E-state index contributed by atoms with van der Waals surface area (Å²) < 4.78 is 0. The standard InChI is InChI=1S/C12H16ClN3O2/c1-2-16(3-4-17)10-6-9-7(5-8(10)13)11(14)12(18)15-9/h5-6,11,17H,2-4,14H2,1H3,(H,15,18). The van der Waals surface area contributed by atoms with Crippen molar-refractivity contribution in [1.82, 2.24) is 0 Å². The monoisotopic (exact) mass is 269 g/mol. The van der Waals surface area contributed by atoms with Gasteiger partial charge in [0.25, 0.3) is 0 Å². The van der Waals surface area contributed by atoms with Gasteiger partial charge in [0.05, 0.1) is 17.3 Å². The first-order valence-corrected chi connectivity index (χ1v) is 6.22. The lowest BCUT2D eigenvalue weighted by Crippen LogP contribution is -2.26. The quantitative estimate of drug-likeness (QED) is 0.765. The molecule has 1 amide bonds. The van der Waals surface area contributed by atoms with Crippen molar-refractivity contribution in [2.75, 3.05) is 29.9 Å². The lowest BCUT2D eigenvalue weighted by Gasteiger charge is -2.24. The highest BCUT2D eigenvalue weighted by molar-refractivity contribution is 6.33. The number of nitrogens with two attached hydrogens (primary N) is 1. The van der Waals surface area contributed by atoms with E-state index in [0.29, 0.717) is 22.8 Å². The van der Waals surface area contributed by atoms with Crippen LogP contribution in [0.3, 0.4) is 0 Å². The van der Waals surface area contributed by atoms with E-state index < -0.39 is 6.04 Å². The van der Waals surface area contributed by atoms with E-state index in [4.69, 9.17) is 22.4 Å². The van der Waals surface area contributed by atoms with Gasteiger partial charge in [-0.15, -0.1) is 0 Å². The summed E-state index contributed by atoms with van der Waals surface area (Å²) in [5.74, 6) is -0.219. The molecule has 1 aliphatic heterocycles. The third kappa shape index (κ3) is 2.16. The van der Waals surface area contributed by atoms with Crippen LogP contribution in [0.4, 0.5) is 11.4 Å². The number of aliphatic hydroxyl groups excluding tert-OH is 1. The molecule has 0 radical (unpaired) electrons. The van der Waals surface area contributed by atoms with Gasteiger partial charge < -0.3 is 21.1 Å². The predicted octanol–water partition coefficient (Wildman–Crippen LogP) is 1.11. The fraction of sp³-hybridized carbons (Fsp3) is 0.417. The molecule has 0 fully saturated rings. The number of aliphatic hydroxyl groups is 1. The van der Waals surface area contributed by atoms with Crippen molar-refractivity contribution in [3.05, 3.63) is 22.7 Å². The van der Waals surface area contributed by atoms with E-state index in [1.807, 2.05) is 17.9 Å². The van der Waals surface area contributed by atoms with Crippen molar-refractivity contribution >= 4 is 28.9 Å². The minimum atomic E-state index is -0.653. The maximum Gasteiger partial charge on any atom is 0.245 e. The Kier molecular flexibility index (Phi) is 3.75. The Morgan fingerprint density at radius 3 is 2.89 bits per heavy atom. The lowest BCUT2D eigenvalue weighted by atomic mass is 10.1. The molecule has 0 bridgehead atoms. The van der Waals surface area contributed by atoms with Gasteiger partial charge in [-0.3, -0.25) is 4.79 Å². The minimum absolute atomic E-state index is 0.0487. The normalized spacial score (nSPS) is 17.6. The van der Waals surface area contributed by atoms with Crippen LogP contribution in [0, 0.1) is 0 Å². The summed E-state index contributed by atoms with van der Waals surface area (Å²) in [4.78, 5) is 13.4. The van der Waals surface area contributed by atoms with Gasteiger partial charge in [0.2, 0.25) is 5.91 Å². The van der Waals surface area contributed by atoms with Crippen molar-refractivity contribution in [1.29, 1.82) is 0 Å². The zero-order chi connectivity index (χ0) is 13.3. The number of fused-ring (bicyclic) bond motifs is 1. The smallest absolute Gasteiger partial charge is 0.245 e. The topological polar surface area (TPSA) is 78.6 Å². The van der Waals surface area contributed by atoms with E-state index >= 15 is 0 Å². The average molecular weight is 270 g/mol. The molecule has 1 atom stereocenters. The van der Waals surface area contributed by atoms with Gasteiger partial charge in [0.1, 0.15) is 6.04 Å². The molecule has 5 nitrogen and oxygen atoms in total. The molecule has 1 unspecified atom stereocenters. The number of hydrogen-bond donors (Lipinski definition) is 3. The van der Waals surface area contributed by atoms with Gasteiger partial charge in [0.15, 0.2) is 0 Å². The maximum atomic E-state index is 11.5. The molecule has 98 valence electrons. The Hall–Kier alpha value is -1.30. The molecule has 1 aliphatic rings. The Bertz CT molecular complexity index is 479. The molecule has 1 heterocycles. The molecule has 0 saturated heterocycles. The van der Waals surface area contributed by atoms with Crippen molar-refractivity contribution < 1.29 is 9.90 Å². The van der Waals surface area contributed by atoms with Gasteiger partial charge in [-0.25, -0.2) is 0 Å². The van der Waals surface area contributed by atoms with Crippen LogP contribution in [0.2, 0.25) is 5.02 Å². The van der Waals surface area contributed by atoms with Crippen LogP contribution < -0.4 is 16.0 Å². The third-order valence-electron chi connectivity index (χ3n) is 3.09. The lowest BCUT2D eigenvalue weighted by molar-refractivity contribution is -0.116. The SMILES string of the molecule is CCN(CCO)c1cc2c(cc1Cl)C(N)C(=O)N2. The summed E-state index contributed by atoms with van der Waals surface area (Å²) in [5.41, 5.74) is 7.96. The highest BCUT2D eigenvalue weighted by Gasteiger charge is 2.28. The Morgan fingerprint density at radius 1 is 1.56 bits per heavy atom. The summed E-state index contributed by atoms with van der Waals surface area (Å²) in [6, 6.07) is 2.87. The minimum Gasteiger partial charge on any atom is -0.395 e. The van der Waals surface area contributed by atoms with Crippen LogP contribution in [-0.2, 0) is 4.79 Å². The number of anilines is 2. The van der Waals surface area contributed by atoms with Crippen LogP contribution in [0.15, 0.2) is 12.1 Å².